The Morgan fingerprint density at radius 2 is 2.21 bits per heavy atom. The fraction of sp³-hybridized carbons (Fsp3) is 0.429. The standard InChI is InChI=1S/C14H16ClNO3/c1-9-7-10(4-5-12(9)15)14(19)16-6-2-3-11(16)8-13(17)18/h4-5,7,11H,2-3,6,8H2,1H3,(H,17,18). The van der Waals surface area contributed by atoms with Gasteiger partial charge in [-0.3, -0.25) is 9.59 Å². The van der Waals surface area contributed by atoms with Crippen LogP contribution in [0.3, 0.4) is 0 Å². The highest BCUT2D eigenvalue weighted by Crippen LogP contribution is 2.24. The fourth-order valence-corrected chi connectivity index (χ4v) is 2.58. The second kappa shape index (κ2) is 5.61. The first-order valence-corrected chi connectivity index (χ1v) is 6.65. The second-order valence-corrected chi connectivity index (χ2v) is 5.26. The third-order valence-electron chi connectivity index (χ3n) is 3.45. The zero-order valence-corrected chi connectivity index (χ0v) is 11.5. The highest BCUT2D eigenvalue weighted by Gasteiger charge is 2.30. The zero-order valence-electron chi connectivity index (χ0n) is 10.7. The highest BCUT2D eigenvalue weighted by atomic mass is 35.5. The summed E-state index contributed by atoms with van der Waals surface area (Å²) in [6.45, 7) is 2.47. The zero-order chi connectivity index (χ0) is 14.0. The smallest absolute Gasteiger partial charge is 0.305 e. The summed E-state index contributed by atoms with van der Waals surface area (Å²) in [4.78, 5) is 24.9. The van der Waals surface area contributed by atoms with Crippen molar-refractivity contribution in [2.24, 2.45) is 0 Å². The van der Waals surface area contributed by atoms with E-state index in [0.717, 1.165) is 18.4 Å². The minimum absolute atomic E-state index is 0.0122. The number of benzene rings is 1. The lowest BCUT2D eigenvalue weighted by molar-refractivity contribution is -0.137. The average Bonchev–Trinajstić information content (AvgIpc) is 2.79. The molecule has 102 valence electrons. The maximum absolute atomic E-state index is 12.4. The molecule has 0 aliphatic carbocycles. The van der Waals surface area contributed by atoms with Crippen molar-refractivity contribution < 1.29 is 14.7 Å². The number of rotatable bonds is 3. The number of carboxylic acid groups (broad SMARTS) is 1. The van der Waals surface area contributed by atoms with Gasteiger partial charge in [-0.05, 0) is 43.5 Å². The molecule has 0 saturated carbocycles. The molecule has 1 N–H and O–H groups in total. The summed E-state index contributed by atoms with van der Waals surface area (Å²) < 4.78 is 0. The lowest BCUT2D eigenvalue weighted by Crippen LogP contribution is -2.36. The van der Waals surface area contributed by atoms with E-state index in [1.54, 1.807) is 23.1 Å². The maximum Gasteiger partial charge on any atom is 0.305 e. The van der Waals surface area contributed by atoms with E-state index in [-0.39, 0.29) is 18.4 Å². The van der Waals surface area contributed by atoms with Crippen LogP contribution in [0.1, 0.15) is 35.2 Å². The molecule has 19 heavy (non-hydrogen) atoms. The Bertz CT molecular complexity index is 515. The van der Waals surface area contributed by atoms with E-state index in [0.29, 0.717) is 17.1 Å². The van der Waals surface area contributed by atoms with Crippen molar-refractivity contribution >= 4 is 23.5 Å². The average molecular weight is 282 g/mol. The van der Waals surface area contributed by atoms with E-state index < -0.39 is 5.97 Å². The van der Waals surface area contributed by atoms with Crippen LogP contribution in [-0.2, 0) is 4.79 Å². The van der Waals surface area contributed by atoms with E-state index in [1.807, 2.05) is 6.92 Å². The van der Waals surface area contributed by atoms with Crippen LogP contribution in [0.2, 0.25) is 5.02 Å². The summed E-state index contributed by atoms with van der Waals surface area (Å²) in [5.74, 6) is -0.972. The van der Waals surface area contributed by atoms with Crippen LogP contribution in [0.5, 0.6) is 0 Å². The molecule has 0 aromatic heterocycles. The minimum Gasteiger partial charge on any atom is -0.481 e. The molecule has 1 fully saturated rings. The van der Waals surface area contributed by atoms with Gasteiger partial charge in [0.1, 0.15) is 0 Å². The van der Waals surface area contributed by atoms with E-state index in [1.165, 1.54) is 0 Å². The van der Waals surface area contributed by atoms with Crippen molar-refractivity contribution in [3.63, 3.8) is 0 Å². The third kappa shape index (κ3) is 3.07. The number of aliphatic carboxylic acids is 1. The van der Waals surface area contributed by atoms with Crippen LogP contribution in [-0.4, -0.2) is 34.5 Å². The quantitative estimate of drug-likeness (QED) is 0.927. The van der Waals surface area contributed by atoms with Gasteiger partial charge in [-0.2, -0.15) is 0 Å². The molecule has 1 aliphatic rings. The minimum atomic E-state index is -0.864. The molecule has 1 saturated heterocycles. The predicted molar refractivity (Wildman–Crippen MR) is 72.5 cm³/mol. The molecule has 1 unspecified atom stereocenters. The third-order valence-corrected chi connectivity index (χ3v) is 3.88. The summed E-state index contributed by atoms with van der Waals surface area (Å²) in [6, 6.07) is 4.95. The summed E-state index contributed by atoms with van der Waals surface area (Å²) in [5, 5.41) is 9.49. The Morgan fingerprint density at radius 1 is 1.47 bits per heavy atom. The molecule has 1 heterocycles. The highest BCUT2D eigenvalue weighted by molar-refractivity contribution is 6.31. The number of nitrogens with zero attached hydrogens (tertiary/aromatic N) is 1. The first kappa shape index (κ1) is 13.9. The van der Waals surface area contributed by atoms with Crippen molar-refractivity contribution in [2.75, 3.05) is 6.54 Å². The predicted octanol–water partition coefficient (Wildman–Crippen LogP) is 2.73. The molecule has 1 aliphatic heterocycles. The monoisotopic (exact) mass is 281 g/mol. The van der Waals surface area contributed by atoms with Gasteiger partial charge in [0.15, 0.2) is 0 Å². The molecule has 2 rings (SSSR count). The number of halogens is 1. The summed E-state index contributed by atoms with van der Waals surface area (Å²) in [7, 11) is 0. The van der Waals surface area contributed by atoms with Crippen molar-refractivity contribution in [1.82, 2.24) is 4.90 Å². The summed E-state index contributed by atoms with van der Waals surface area (Å²) in [6.07, 6.45) is 1.62. The van der Waals surface area contributed by atoms with E-state index >= 15 is 0 Å². The summed E-state index contributed by atoms with van der Waals surface area (Å²) in [5.41, 5.74) is 1.42. The molecular weight excluding hydrogens is 266 g/mol. The molecule has 4 nitrogen and oxygen atoms in total. The van der Waals surface area contributed by atoms with E-state index in [4.69, 9.17) is 16.7 Å². The van der Waals surface area contributed by atoms with Crippen molar-refractivity contribution in [2.45, 2.75) is 32.2 Å². The second-order valence-electron chi connectivity index (χ2n) is 4.86. The number of carbonyl (C=O) groups excluding carboxylic acids is 1. The van der Waals surface area contributed by atoms with Crippen LogP contribution >= 0.6 is 11.6 Å². The van der Waals surface area contributed by atoms with Crippen LogP contribution in [0.4, 0.5) is 0 Å². The lowest BCUT2D eigenvalue weighted by atomic mass is 10.1. The molecular formula is C14H16ClNO3. The Hall–Kier alpha value is -1.55. The lowest BCUT2D eigenvalue weighted by Gasteiger charge is -2.23. The first-order valence-electron chi connectivity index (χ1n) is 6.28. The largest absolute Gasteiger partial charge is 0.481 e. The van der Waals surface area contributed by atoms with Gasteiger partial charge in [-0.15, -0.1) is 0 Å². The Morgan fingerprint density at radius 3 is 2.84 bits per heavy atom. The first-order chi connectivity index (χ1) is 8.99. The van der Waals surface area contributed by atoms with Gasteiger partial charge in [0.25, 0.3) is 5.91 Å². The van der Waals surface area contributed by atoms with Crippen LogP contribution in [0.25, 0.3) is 0 Å². The van der Waals surface area contributed by atoms with Gasteiger partial charge < -0.3 is 10.0 Å². The van der Waals surface area contributed by atoms with Gasteiger partial charge in [-0.25, -0.2) is 0 Å². The molecule has 1 atom stereocenters. The number of hydrogen-bond donors (Lipinski definition) is 1. The van der Waals surface area contributed by atoms with Crippen LogP contribution in [0, 0.1) is 6.92 Å². The van der Waals surface area contributed by atoms with Gasteiger partial charge in [0.05, 0.1) is 6.42 Å². The van der Waals surface area contributed by atoms with Gasteiger partial charge in [0.2, 0.25) is 0 Å². The van der Waals surface area contributed by atoms with Gasteiger partial charge >= 0.3 is 5.97 Å². The SMILES string of the molecule is Cc1cc(C(=O)N2CCCC2CC(=O)O)ccc1Cl. The number of hydrogen-bond acceptors (Lipinski definition) is 2. The molecule has 1 aromatic rings. The van der Waals surface area contributed by atoms with Crippen LogP contribution in [0.15, 0.2) is 18.2 Å². The molecule has 1 amide bonds. The Labute approximate surface area is 117 Å². The number of aryl methyl sites for hydroxylation is 1. The number of amides is 1. The van der Waals surface area contributed by atoms with Crippen LogP contribution < -0.4 is 0 Å². The number of carboxylic acids is 1. The summed E-state index contributed by atoms with van der Waals surface area (Å²) >= 11 is 5.94. The molecule has 1 aromatic carbocycles. The topological polar surface area (TPSA) is 57.6 Å². The Kier molecular flexibility index (Phi) is 4.10. The molecule has 0 bridgehead atoms. The fourth-order valence-electron chi connectivity index (χ4n) is 2.46. The van der Waals surface area contributed by atoms with E-state index in [2.05, 4.69) is 0 Å². The van der Waals surface area contributed by atoms with Gasteiger partial charge in [-0.1, -0.05) is 11.6 Å². The normalized spacial score (nSPS) is 18.6. The maximum atomic E-state index is 12.4. The molecule has 0 radical (unpaired) electrons. The van der Waals surface area contributed by atoms with Crippen molar-refractivity contribution in [3.05, 3.63) is 34.3 Å². The number of carbonyl (C=O) groups is 2. The Balaban J connectivity index is 2.18. The molecule has 5 heteroatoms. The van der Waals surface area contributed by atoms with E-state index in [9.17, 15) is 9.59 Å². The van der Waals surface area contributed by atoms with Crippen molar-refractivity contribution in [1.29, 1.82) is 0 Å². The van der Waals surface area contributed by atoms with Gasteiger partial charge in [0, 0.05) is 23.2 Å². The van der Waals surface area contributed by atoms with Crippen molar-refractivity contribution in [3.8, 4) is 0 Å². The number of likely N-dealkylation sites (tertiary alicyclic amines) is 1. The molecule has 0 spiro atoms.